The molecule has 1 aliphatic carbocycles. The minimum Gasteiger partial charge on any atom is -0.476 e. The lowest BCUT2D eigenvalue weighted by Crippen LogP contribution is -2.56. The Hall–Kier alpha value is -3.27. The summed E-state index contributed by atoms with van der Waals surface area (Å²) in [7, 11) is 3.98. The van der Waals surface area contributed by atoms with Gasteiger partial charge in [-0.2, -0.15) is 4.98 Å². The average Bonchev–Trinajstić information content (AvgIpc) is 3.47. The average molecular weight is 466 g/mol. The first-order valence-electron chi connectivity index (χ1n) is 11.9. The molecule has 0 aromatic carbocycles. The van der Waals surface area contributed by atoms with E-state index < -0.39 is 5.41 Å². The number of likely N-dealkylation sites (N-methyl/N-ethyl adjacent to an activating group) is 1. The molecule has 3 aliphatic rings. The zero-order chi connectivity index (χ0) is 23.7. The molecule has 0 unspecified atom stereocenters. The molecule has 1 spiro atoms. The molecule has 2 N–H and O–H groups in total. The highest BCUT2D eigenvalue weighted by Crippen LogP contribution is 2.44. The Morgan fingerprint density at radius 1 is 1.21 bits per heavy atom. The molecule has 1 atom stereocenters. The van der Waals surface area contributed by atoms with Crippen molar-refractivity contribution < 1.29 is 14.3 Å². The zero-order valence-electron chi connectivity index (χ0n) is 19.7. The van der Waals surface area contributed by atoms with E-state index in [0.29, 0.717) is 43.6 Å². The summed E-state index contributed by atoms with van der Waals surface area (Å²) in [6.07, 6.45) is 8.29. The monoisotopic (exact) mass is 465 g/mol. The van der Waals surface area contributed by atoms with Crippen LogP contribution < -0.4 is 20.3 Å². The topological polar surface area (TPSA) is 113 Å². The molecule has 1 saturated carbocycles. The van der Waals surface area contributed by atoms with Crippen LogP contribution in [0, 0.1) is 5.41 Å². The number of hydrogen-bond acceptors (Lipinski definition) is 8. The van der Waals surface area contributed by atoms with Crippen molar-refractivity contribution in [1.82, 2.24) is 25.2 Å². The zero-order valence-corrected chi connectivity index (χ0v) is 19.7. The molecule has 2 aromatic rings. The van der Waals surface area contributed by atoms with Gasteiger partial charge in [-0.05, 0) is 39.4 Å². The van der Waals surface area contributed by atoms with Gasteiger partial charge in [0.2, 0.25) is 23.6 Å². The number of nitrogens with zero attached hydrogens (tertiary/aromatic N) is 5. The summed E-state index contributed by atoms with van der Waals surface area (Å²) in [5.41, 5.74) is 0.540. The lowest BCUT2D eigenvalue weighted by atomic mass is 9.76. The molecule has 10 nitrogen and oxygen atoms in total. The summed E-state index contributed by atoms with van der Waals surface area (Å²) in [6.45, 7) is 1.90. The first-order chi connectivity index (χ1) is 16.5. The third-order valence-electron chi connectivity index (χ3n) is 6.93. The van der Waals surface area contributed by atoms with Gasteiger partial charge in [-0.1, -0.05) is 12.8 Å². The van der Waals surface area contributed by atoms with Crippen molar-refractivity contribution >= 4 is 29.3 Å². The maximum atomic E-state index is 13.7. The Balaban J connectivity index is 1.38. The highest BCUT2D eigenvalue weighted by molar-refractivity contribution is 6.14. The standard InChI is InChI=1S/C24H31N7O3/c1-30(2)11-12-34-19-8-7-17(15-26-19)28-23-27-14-16-13-24(9-10-25-21(24)32)22(33)31(20(16)29-23)18-5-3-4-6-18/h7-8,14-15,18H,3-6,9-13H2,1-2H3,(H,25,32)(H,27,28,29)/t24-/m1/s1. The van der Waals surface area contributed by atoms with Gasteiger partial charge in [-0.3, -0.25) is 14.5 Å². The van der Waals surface area contributed by atoms with E-state index in [4.69, 9.17) is 9.72 Å². The molecule has 2 aliphatic heterocycles. The van der Waals surface area contributed by atoms with E-state index in [1.807, 2.05) is 25.1 Å². The highest BCUT2D eigenvalue weighted by atomic mass is 16.5. The van der Waals surface area contributed by atoms with Crippen LogP contribution in [0.5, 0.6) is 5.88 Å². The van der Waals surface area contributed by atoms with Gasteiger partial charge < -0.3 is 20.3 Å². The van der Waals surface area contributed by atoms with Gasteiger partial charge in [0.1, 0.15) is 17.8 Å². The first-order valence-corrected chi connectivity index (χ1v) is 11.9. The number of amides is 2. The van der Waals surface area contributed by atoms with Crippen LogP contribution in [-0.2, 0) is 16.0 Å². The fourth-order valence-corrected chi connectivity index (χ4v) is 5.07. The van der Waals surface area contributed by atoms with Crippen molar-refractivity contribution in [3.8, 4) is 5.88 Å². The van der Waals surface area contributed by atoms with Crippen molar-refractivity contribution in [2.45, 2.75) is 44.6 Å². The Kier molecular flexibility index (Phi) is 6.07. The summed E-state index contributed by atoms with van der Waals surface area (Å²) in [6, 6.07) is 3.73. The highest BCUT2D eigenvalue weighted by Gasteiger charge is 2.56. The first kappa shape index (κ1) is 22.5. The van der Waals surface area contributed by atoms with E-state index in [2.05, 4.69) is 20.6 Å². The number of nitrogens with one attached hydrogen (secondary N) is 2. The SMILES string of the molecule is CN(C)CCOc1ccc(Nc2ncc3c(n2)N(C2CCCC2)C(=O)[C@]2(CCNC2=O)C3)cn1. The van der Waals surface area contributed by atoms with Crippen LogP contribution in [0.15, 0.2) is 24.5 Å². The molecular formula is C24H31N7O3. The van der Waals surface area contributed by atoms with Crippen molar-refractivity contribution in [2.75, 3.05) is 44.0 Å². The largest absolute Gasteiger partial charge is 0.476 e. The Morgan fingerprint density at radius 3 is 2.71 bits per heavy atom. The molecular weight excluding hydrogens is 434 g/mol. The lowest BCUT2D eigenvalue weighted by Gasteiger charge is -2.40. The van der Waals surface area contributed by atoms with Crippen molar-refractivity contribution in [3.63, 3.8) is 0 Å². The van der Waals surface area contributed by atoms with E-state index in [0.717, 1.165) is 43.5 Å². The molecule has 0 radical (unpaired) electrons. The second-order valence-corrected chi connectivity index (χ2v) is 9.58. The molecule has 10 heteroatoms. The number of pyridine rings is 1. The van der Waals surface area contributed by atoms with Crippen LogP contribution in [-0.4, -0.2) is 71.5 Å². The molecule has 4 heterocycles. The maximum absolute atomic E-state index is 13.7. The van der Waals surface area contributed by atoms with E-state index in [1.165, 1.54) is 0 Å². The van der Waals surface area contributed by atoms with E-state index in [1.54, 1.807) is 23.4 Å². The summed E-state index contributed by atoms with van der Waals surface area (Å²) in [4.78, 5) is 43.8. The number of aromatic nitrogens is 3. The van der Waals surface area contributed by atoms with Gasteiger partial charge in [0, 0.05) is 43.4 Å². The summed E-state index contributed by atoms with van der Waals surface area (Å²) >= 11 is 0. The van der Waals surface area contributed by atoms with Gasteiger partial charge in [0.25, 0.3) is 0 Å². The molecule has 0 bridgehead atoms. The fourth-order valence-electron chi connectivity index (χ4n) is 5.07. The molecule has 5 rings (SSSR count). The van der Waals surface area contributed by atoms with Crippen LogP contribution in [0.25, 0.3) is 0 Å². The third kappa shape index (κ3) is 4.18. The summed E-state index contributed by atoms with van der Waals surface area (Å²) in [5, 5.41) is 6.05. The molecule has 2 fully saturated rings. The van der Waals surface area contributed by atoms with Crippen LogP contribution in [0.1, 0.15) is 37.7 Å². The minimum atomic E-state index is -1.03. The smallest absolute Gasteiger partial charge is 0.244 e. The van der Waals surface area contributed by atoms with Crippen LogP contribution >= 0.6 is 0 Å². The predicted octanol–water partition coefficient (Wildman–Crippen LogP) is 1.89. The Bertz CT molecular complexity index is 1070. The number of rotatable bonds is 7. The van der Waals surface area contributed by atoms with E-state index in [-0.39, 0.29) is 17.9 Å². The Labute approximate surface area is 199 Å². The molecule has 1 saturated heterocycles. The van der Waals surface area contributed by atoms with Gasteiger partial charge in [-0.15, -0.1) is 0 Å². The normalized spacial score (nSPS) is 22.4. The van der Waals surface area contributed by atoms with Crippen LogP contribution in [0.2, 0.25) is 0 Å². The molecule has 34 heavy (non-hydrogen) atoms. The molecule has 2 amide bonds. The van der Waals surface area contributed by atoms with Gasteiger partial charge in [0.05, 0.1) is 11.9 Å². The number of carbonyl (C=O) groups excluding carboxylic acids is 2. The minimum absolute atomic E-state index is 0.0693. The lowest BCUT2D eigenvalue weighted by molar-refractivity contribution is -0.140. The van der Waals surface area contributed by atoms with Crippen LogP contribution in [0.3, 0.4) is 0 Å². The molecule has 180 valence electrons. The van der Waals surface area contributed by atoms with E-state index in [9.17, 15) is 9.59 Å². The Morgan fingerprint density at radius 2 is 2.03 bits per heavy atom. The second-order valence-electron chi connectivity index (χ2n) is 9.58. The number of ether oxygens (including phenoxy) is 1. The van der Waals surface area contributed by atoms with Crippen molar-refractivity contribution in [1.29, 1.82) is 0 Å². The van der Waals surface area contributed by atoms with Crippen LogP contribution in [0.4, 0.5) is 17.5 Å². The third-order valence-corrected chi connectivity index (χ3v) is 6.93. The number of hydrogen-bond donors (Lipinski definition) is 2. The maximum Gasteiger partial charge on any atom is 0.244 e. The van der Waals surface area contributed by atoms with Gasteiger partial charge in [0.15, 0.2) is 0 Å². The predicted molar refractivity (Wildman–Crippen MR) is 127 cm³/mol. The molecule has 2 aromatic heterocycles. The summed E-state index contributed by atoms with van der Waals surface area (Å²) < 4.78 is 5.65. The number of carbonyl (C=O) groups is 2. The fraction of sp³-hybridized carbons (Fsp3) is 0.542. The van der Waals surface area contributed by atoms with Gasteiger partial charge in [-0.25, -0.2) is 9.97 Å². The van der Waals surface area contributed by atoms with E-state index >= 15 is 0 Å². The number of anilines is 3. The quantitative estimate of drug-likeness (QED) is 0.596. The summed E-state index contributed by atoms with van der Waals surface area (Å²) in [5.74, 6) is 1.28. The van der Waals surface area contributed by atoms with Gasteiger partial charge >= 0.3 is 0 Å². The number of fused-ring (bicyclic) bond motifs is 1. The second kappa shape index (κ2) is 9.17. The van der Waals surface area contributed by atoms with Crippen molar-refractivity contribution in [3.05, 3.63) is 30.1 Å². The van der Waals surface area contributed by atoms with Crippen molar-refractivity contribution in [2.24, 2.45) is 5.41 Å².